The highest BCUT2D eigenvalue weighted by Gasteiger charge is 2.33. The van der Waals surface area contributed by atoms with Gasteiger partial charge in [-0.25, -0.2) is 4.79 Å². The van der Waals surface area contributed by atoms with Gasteiger partial charge in [-0.2, -0.15) is 0 Å². The Bertz CT molecular complexity index is 720. The quantitative estimate of drug-likeness (QED) is 0.868. The largest absolute Gasteiger partial charge is 0.449 e. The number of piperidine rings is 1. The van der Waals surface area contributed by atoms with Crippen LogP contribution >= 0.6 is 0 Å². The van der Waals surface area contributed by atoms with Gasteiger partial charge in [-0.05, 0) is 43.2 Å². The highest BCUT2D eigenvalue weighted by molar-refractivity contribution is 5.91. The maximum Gasteiger partial charge on any atom is 0.411 e. The molecular formula is C21H24N2O2. The number of fused-ring (bicyclic) bond motifs is 2. The van der Waals surface area contributed by atoms with Crippen LogP contribution < -0.4 is 10.6 Å². The van der Waals surface area contributed by atoms with Gasteiger partial charge in [-0.1, -0.05) is 48.5 Å². The van der Waals surface area contributed by atoms with E-state index >= 15 is 0 Å². The first kappa shape index (κ1) is 16.2. The van der Waals surface area contributed by atoms with E-state index in [0.717, 1.165) is 29.7 Å². The molecule has 2 aliphatic heterocycles. The topological polar surface area (TPSA) is 50.4 Å². The number of nitrogens with one attached hydrogen (secondary N) is 2. The molecule has 1 unspecified atom stereocenters. The molecule has 25 heavy (non-hydrogen) atoms. The molecule has 2 aliphatic rings. The third-order valence-corrected chi connectivity index (χ3v) is 5.27. The highest BCUT2D eigenvalue weighted by Crippen LogP contribution is 2.31. The summed E-state index contributed by atoms with van der Waals surface area (Å²) in [4.78, 5) is 12.3. The molecule has 3 atom stereocenters. The van der Waals surface area contributed by atoms with E-state index in [2.05, 4.69) is 10.6 Å². The summed E-state index contributed by atoms with van der Waals surface area (Å²) in [6.45, 7) is 0.508. The molecular weight excluding hydrogens is 312 g/mol. The van der Waals surface area contributed by atoms with E-state index in [9.17, 15) is 4.79 Å². The summed E-state index contributed by atoms with van der Waals surface area (Å²) in [5, 5.41) is 6.53. The summed E-state index contributed by atoms with van der Waals surface area (Å²) in [7, 11) is 0. The van der Waals surface area contributed by atoms with Gasteiger partial charge in [0.25, 0.3) is 0 Å². The van der Waals surface area contributed by atoms with Crippen LogP contribution in [0.4, 0.5) is 10.5 Å². The number of hydrogen-bond donors (Lipinski definition) is 2. The molecule has 2 N–H and O–H groups in total. The molecule has 0 spiro atoms. The molecule has 4 nitrogen and oxygen atoms in total. The van der Waals surface area contributed by atoms with Crippen LogP contribution in [0.25, 0.3) is 11.1 Å². The molecule has 0 saturated carbocycles. The fourth-order valence-corrected chi connectivity index (χ4v) is 4.11. The van der Waals surface area contributed by atoms with Crippen molar-refractivity contribution >= 4 is 11.8 Å². The van der Waals surface area contributed by atoms with Crippen LogP contribution in [0, 0.1) is 5.92 Å². The monoisotopic (exact) mass is 336 g/mol. The fourth-order valence-electron chi connectivity index (χ4n) is 4.11. The molecule has 2 bridgehead atoms. The number of rotatable bonds is 4. The fraction of sp³-hybridized carbons (Fsp3) is 0.381. The zero-order valence-electron chi connectivity index (χ0n) is 14.3. The first-order chi connectivity index (χ1) is 12.3. The minimum absolute atomic E-state index is 0.366. The van der Waals surface area contributed by atoms with Crippen LogP contribution in [-0.2, 0) is 4.74 Å². The number of carbonyl (C=O) groups excluding carboxylic acids is 1. The third kappa shape index (κ3) is 3.85. The summed E-state index contributed by atoms with van der Waals surface area (Å²) in [5.41, 5.74) is 2.86. The second kappa shape index (κ2) is 7.28. The van der Waals surface area contributed by atoms with Crippen molar-refractivity contribution in [2.75, 3.05) is 11.9 Å². The van der Waals surface area contributed by atoms with Crippen molar-refractivity contribution in [2.45, 2.75) is 37.8 Å². The lowest BCUT2D eigenvalue weighted by molar-refractivity contribution is 0.122. The minimum Gasteiger partial charge on any atom is -0.449 e. The van der Waals surface area contributed by atoms with Crippen LogP contribution in [0.2, 0.25) is 0 Å². The third-order valence-electron chi connectivity index (χ3n) is 5.27. The first-order valence-electron chi connectivity index (χ1n) is 9.12. The molecule has 2 aromatic rings. The number of amides is 1. The van der Waals surface area contributed by atoms with Gasteiger partial charge in [0.2, 0.25) is 0 Å². The SMILES string of the molecule is O=C(Nc1ccccc1-c1ccccc1)OCC1C[C@H]2CC[C@@H](C1)N2. The van der Waals surface area contributed by atoms with Crippen LogP contribution in [-0.4, -0.2) is 24.8 Å². The van der Waals surface area contributed by atoms with Crippen LogP contribution in [0.3, 0.4) is 0 Å². The normalized spacial score (nSPS) is 24.7. The predicted octanol–water partition coefficient (Wildman–Crippen LogP) is 4.43. The minimum atomic E-state index is -0.366. The summed E-state index contributed by atoms with van der Waals surface area (Å²) < 4.78 is 5.52. The van der Waals surface area contributed by atoms with Gasteiger partial charge in [-0.3, -0.25) is 5.32 Å². The molecule has 0 radical (unpaired) electrons. The van der Waals surface area contributed by atoms with E-state index in [0.29, 0.717) is 24.6 Å². The van der Waals surface area contributed by atoms with Crippen molar-refractivity contribution in [3.05, 3.63) is 54.6 Å². The van der Waals surface area contributed by atoms with Gasteiger partial charge in [0.1, 0.15) is 0 Å². The van der Waals surface area contributed by atoms with Gasteiger partial charge < -0.3 is 10.1 Å². The summed E-state index contributed by atoms with van der Waals surface area (Å²) in [6.07, 6.45) is 4.39. The Balaban J connectivity index is 1.37. The molecule has 2 heterocycles. The Hall–Kier alpha value is -2.33. The second-order valence-corrected chi connectivity index (χ2v) is 7.11. The Kier molecular flexibility index (Phi) is 4.70. The van der Waals surface area contributed by atoms with Crippen molar-refractivity contribution in [2.24, 2.45) is 5.92 Å². The Morgan fingerprint density at radius 2 is 1.68 bits per heavy atom. The molecule has 2 aromatic carbocycles. The van der Waals surface area contributed by atoms with E-state index in [4.69, 9.17) is 4.74 Å². The smallest absolute Gasteiger partial charge is 0.411 e. The standard InChI is InChI=1S/C21H24N2O2/c24-21(25-14-15-12-17-10-11-18(13-15)22-17)23-20-9-5-4-8-19(20)16-6-2-1-3-7-16/h1-9,15,17-18,22H,10-14H2,(H,23,24)/t15?,17-,18+. The van der Waals surface area contributed by atoms with E-state index < -0.39 is 0 Å². The van der Waals surface area contributed by atoms with Gasteiger partial charge in [0, 0.05) is 17.6 Å². The zero-order chi connectivity index (χ0) is 17.1. The molecule has 4 rings (SSSR count). The Morgan fingerprint density at radius 3 is 2.44 bits per heavy atom. The van der Waals surface area contributed by atoms with E-state index in [1.807, 2.05) is 54.6 Å². The van der Waals surface area contributed by atoms with Gasteiger partial charge in [0.15, 0.2) is 0 Å². The number of anilines is 1. The van der Waals surface area contributed by atoms with Gasteiger partial charge in [-0.15, -0.1) is 0 Å². The zero-order valence-corrected chi connectivity index (χ0v) is 14.3. The summed E-state index contributed by atoms with van der Waals surface area (Å²) >= 11 is 0. The number of benzene rings is 2. The van der Waals surface area contributed by atoms with E-state index in [1.165, 1.54) is 12.8 Å². The highest BCUT2D eigenvalue weighted by atomic mass is 16.5. The van der Waals surface area contributed by atoms with Crippen molar-refractivity contribution in [3.63, 3.8) is 0 Å². The lowest BCUT2D eigenvalue weighted by Gasteiger charge is -2.28. The number of ether oxygens (including phenoxy) is 1. The molecule has 130 valence electrons. The Labute approximate surface area is 148 Å². The molecule has 2 saturated heterocycles. The maximum absolute atomic E-state index is 12.3. The molecule has 4 heteroatoms. The van der Waals surface area contributed by atoms with Crippen molar-refractivity contribution in [3.8, 4) is 11.1 Å². The van der Waals surface area contributed by atoms with Crippen molar-refractivity contribution < 1.29 is 9.53 Å². The number of carbonyl (C=O) groups is 1. The molecule has 2 fully saturated rings. The Morgan fingerprint density at radius 1 is 1.00 bits per heavy atom. The summed E-state index contributed by atoms with van der Waals surface area (Å²) in [5.74, 6) is 0.480. The lowest BCUT2D eigenvalue weighted by atomic mass is 9.93. The lowest BCUT2D eigenvalue weighted by Crippen LogP contribution is -2.39. The number of hydrogen-bond acceptors (Lipinski definition) is 3. The molecule has 0 aliphatic carbocycles. The van der Waals surface area contributed by atoms with E-state index in [1.54, 1.807) is 0 Å². The predicted molar refractivity (Wildman–Crippen MR) is 99.5 cm³/mol. The first-order valence-corrected chi connectivity index (χ1v) is 9.12. The maximum atomic E-state index is 12.3. The van der Waals surface area contributed by atoms with Crippen molar-refractivity contribution in [1.82, 2.24) is 5.32 Å². The van der Waals surface area contributed by atoms with Crippen LogP contribution in [0.15, 0.2) is 54.6 Å². The second-order valence-electron chi connectivity index (χ2n) is 7.11. The van der Waals surface area contributed by atoms with Crippen molar-refractivity contribution in [1.29, 1.82) is 0 Å². The van der Waals surface area contributed by atoms with Gasteiger partial charge >= 0.3 is 6.09 Å². The average Bonchev–Trinajstić information content (AvgIpc) is 2.99. The van der Waals surface area contributed by atoms with Gasteiger partial charge in [0.05, 0.1) is 12.3 Å². The van der Waals surface area contributed by atoms with Crippen LogP contribution in [0.5, 0.6) is 0 Å². The summed E-state index contributed by atoms with van der Waals surface area (Å²) in [6, 6.07) is 19.1. The number of para-hydroxylation sites is 1. The molecule has 1 amide bonds. The van der Waals surface area contributed by atoms with Crippen LogP contribution in [0.1, 0.15) is 25.7 Å². The molecule has 0 aromatic heterocycles. The van der Waals surface area contributed by atoms with E-state index in [-0.39, 0.29) is 6.09 Å². The average molecular weight is 336 g/mol.